The zero-order valence-electron chi connectivity index (χ0n) is 16.9. The molecule has 0 aromatic rings. The van der Waals surface area contributed by atoms with E-state index in [1.54, 1.807) is 0 Å². The van der Waals surface area contributed by atoms with Gasteiger partial charge in [0, 0.05) is 18.7 Å². The minimum atomic E-state index is -0.215. The summed E-state index contributed by atoms with van der Waals surface area (Å²) in [4.78, 5) is 23.4. The number of hydrogen-bond acceptors (Lipinski definition) is 4. The number of alkyl halides is 1. The van der Waals surface area contributed by atoms with E-state index in [0.29, 0.717) is 13.0 Å². The van der Waals surface area contributed by atoms with Crippen LogP contribution in [0.5, 0.6) is 0 Å². The van der Waals surface area contributed by atoms with Crippen LogP contribution in [0.4, 0.5) is 0 Å². The third-order valence-electron chi connectivity index (χ3n) is 4.35. The molecule has 0 saturated carbocycles. The Hall–Kier alpha value is -0.770. The van der Waals surface area contributed by atoms with Crippen molar-refractivity contribution in [1.82, 2.24) is 0 Å². The summed E-state index contributed by atoms with van der Waals surface area (Å²) in [5.41, 5.74) is 0. The number of hydrogen-bond donors (Lipinski definition) is 0. The quantitative estimate of drug-likeness (QED) is 0.159. The minimum absolute atomic E-state index is 0.0317. The lowest BCUT2D eigenvalue weighted by Crippen LogP contribution is -2.15. The van der Waals surface area contributed by atoms with Crippen molar-refractivity contribution in [3.05, 3.63) is 0 Å². The van der Waals surface area contributed by atoms with Gasteiger partial charge in [0.15, 0.2) is 0 Å². The molecule has 0 rings (SSSR count). The van der Waals surface area contributed by atoms with Crippen LogP contribution in [-0.2, 0) is 19.1 Å². The number of carbonyl (C=O) groups is 2. The predicted octanol–water partition coefficient (Wildman–Crippen LogP) is 6.18. The number of carbonyl (C=O) groups excluding carboxylic acids is 2. The zero-order chi connectivity index (χ0) is 19.5. The third-order valence-corrected chi connectivity index (χ3v) is 4.62. The topological polar surface area (TPSA) is 52.6 Å². The summed E-state index contributed by atoms with van der Waals surface area (Å²) in [6.07, 6.45) is 13.3. The first-order valence-electron chi connectivity index (χ1n) is 10.5. The van der Waals surface area contributed by atoms with E-state index in [1.165, 1.54) is 32.1 Å². The molecule has 0 aliphatic heterocycles. The van der Waals surface area contributed by atoms with Gasteiger partial charge in [-0.25, -0.2) is 0 Å². The molecular formula is C21H39ClO4. The Kier molecular flexibility index (Phi) is 18.4. The second kappa shape index (κ2) is 19.0. The van der Waals surface area contributed by atoms with Crippen molar-refractivity contribution in [2.24, 2.45) is 0 Å². The first-order chi connectivity index (χ1) is 12.6. The summed E-state index contributed by atoms with van der Waals surface area (Å²) < 4.78 is 10.6. The highest BCUT2D eigenvalue weighted by Crippen LogP contribution is 2.10. The van der Waals surface area contributed by atoms with E-state index in [2.05, 4.69) is 6.92 Å². The van der Waals surface area contributed by atoms with Gasteiger partial charge in [-0.15, -0.1) is 11.6 Å². The molecule has 0 bridgehead atoms. The number of halogens is 1. The van der Waals surface area contributed by atoms with Crippen LogP contribution in [0.1, 0.15) is 104 Å². The summed E-state index contributed by atoms with van der Waals surface area (Å²) in [5, 5.41) is 0. The zero-order valence-corrected chi connectivity index (χ0v) is 17.7. The molecule has 0 aromatic carbocycles. The highest BCUT2D eigenvalue weighted by atomic mass is 35.5. The van der Waals surface area contributed by atoms with E-state index in [9.17, 15) is 9.59 Å². The summed E-state index contributed by atoms with van der Waals surface area (Å²) in [7, 11) is 0. The summed E-state index contributed by atoms with van der Waals surface area (Å²) in [5.74, 6) is 0.313. The van der Waals surface area contributed by atoms with Crippen molar-refractivity contribution >= 4 is 23.5 Å². The Balaban J connectivity index is 3.47. The molecular weight excluding hydrogens is 352 g/mol. The normalized spacial score (nSPS) is 12.0. The highest BCUT2D eigenvalue weighted by molar-refractivity contribution is 6.17. The monoisotopic (exact) mass is 390 g/mol. The second-order valence-electron chi connectivity index (χ2n) is 7.03. The maximum atomic E-state index is 11.7. The van der Waals surface area contributed by atoms with Gasteiger partial charge >= 0.3 is 11.9 Å². The molecule has 154 valence electrons. The van der Waals surface area contributed by atoms with Gasteiger partial charge in [-0.2, -0.15) is 0 Å². The number of esters is 2. The maximum Gasteiger partial charge on any atom is 0.306 e. The molecule has 0 aromatic heterocycles. The van der Waals surface area contributed by atoms with Crippen LogP contribution in [0.15, 0.2) is 0 Å². The average molecular weight is 391 g/mol. The molecule has 4 nitrogen and oxygen atoms in total. The van der Waals surface area contributed by atoms with Crippen LogP contribution >= 0.6 is 11.6 Å². The molecule has 1 unspecified atom stereocenters. The number of unbranched alkanes of at least 4 members (excludes halogenated alkanes) is 8. The van der Waals surface area contributed by atoms with Crippen molar-refractivity contribution in [3.63, 3.8) is 0 Å². The van der Waals surface area contributed by atoms with Gasteiger partial charge in [0.05, 0.1) is 12.7 Å². The standard InChI is InChI=1S/C21H39ClO4/c1-3-4-5-10-14-19(2)26-21(24)16-13-15-20(23)25-18-12-9-7-6-8-11-17-22/h19H,3-18H2,1-2H3. The molecule has 0 fully saturated rings. The van der Waals surface area contributed by atoms with Crippen LogP contribution in [0.25, 0.3) is 0 Å². The first-order valence-corrected chi connectivity index (χ1v) is 11.0. The smallest absolute Gasteiger partial charge is 0.306 e. The first kappa shape index (κ1) is 25.2. The van der Waals surface area contributed by atoms with Gasteiger partial charge in [-0.3, -0.25) is 9.59 Å². The van der Waals surface area contributed by atoms with Crippen LogP contribution in [0, 0.1) is 0 Å². The van der Waals surface area contributed by atoms with Gasteiger partial charge in [0.2, 0.25) is 0 Å². The molecule has 26 heavy (non-hydrogen) atoms. The van der Waals surface area contributed by atoms with Crippen LogP contribution in [0.2, 0.25) is 0 Å². The van der Waals surface area contributed by atoms with Crippen LogP contribution in [-0.4, -0.2) is 30.5 Å². The van der Waals surface area contributed by atoms with Gasteiger partial charge in [0.1, 0.15) is 0 Å². The molecule has 0 saturated heterocycles. The Bertz CT molecular complexity index is 347. The Morgan fingerprint density at radius 3 is 2.12 bits per heavy atom. The minimum Gasteiger partial charge on any atom is -0.466 e. The SMILES string of the molecule is CCCCCCC(C)OC(=O)CCCC(=O)OCCCCCCCCCl. The molecule has 0 radical (unpaired) electrons. The van der Waals surface area contributed by atoms with Crippen molar-refractivity contribution in [3.8, 4) is 0 Å². The second-order valence-corrected chi connectivity index (χ2v) is 7.41. The van der Waals surface area contributed by atoms with Gasteiger partial charge in [0.25, 0.3) is 0 Å². The van der Waals surface area contributed by atoms with Gasteiger partial charge in [-0.05, 0) is 39.0 Å². The van der Waals surface area contributed by atoms with E-state index in [0.717, 1.165) is 44.4 Å². The van der Waals surface area contributed by atoms with Crippen molar-refractivity contribution < 1.29 is 19.1 Å². The fourth-order valence-electron chi connectivity index (χ4n) is 2.74. The molecule has 0 N–H and O–H groups in total. The Morgan fingerprint density at radius 1 is 0.808 bits per heavy atom. The molecule has 0 aliphatic rings. The van der Waals surface area contributed by atoms with E-state index in [4.69, 9.17) is 21.1 Å². The largest absolute Gasteiger partial charge is 0.466 e. The van der Waals surface area contributed by atoms with E-state index >= 15 is 0 Å². The van der Waals surface area contributed by atoms with Crippen molar-refractivity contribution in [2.75, 3.05) is 12.5 Å². The lowest BCUT2D eigenvalue weighted by Gasteiger charge is -2.13. The highest BCUT2D eigenvalue weighted by Gasteiger charge is 2.11. The lowest BCUT2D eigenvalue weighted by molar-refractivity contribution is -0.149. The van der Waals surface area contributed by atoms with E-state index in [1.807, 2.05) is 6.92 Å². The van der Waals surface area contributed by atoms with Crippen LogP contribution in [0.3, 0.4) is 0 Å². The van der Waals surface area contributed by atoms with Crippen LogP contribution < -0.4 is 0 Å². The van der Waals surface area contributed by atoms with Gasteiger partial charge in [-0.1, -0.05) is 51.9 Å². The lowest BCUT2D eigenvalue weighted by atomic mass is 10.1. The summed E-state index contributed by atoms with van der Waals surface area (Å²) in [6.45, 7) is 4.60. The molecule has 0 aliphatic carbocycles. The number of rotatable bonds is 18. The Labute approximate surface area is 165 Å². The Morgan fingerprint density at radius 2 is 1.42 bits per heavy atom. The van der Waals surface area contributed by atoms with Crippen molar-refractivity contribution in [2.45, 2.75) is 110 Å². The molecule has 0 amide bonds. The average Bonchev–Trinajstić information content (AvgIpc) is 2.61. The van der Waals surface area contributed by atoms with E-state index < -0.39 is 0 Å². The predicted molar refractivity (Wildman–Crippen MR) is 108 cm³/mol. The molecule has 0 spiro atoms. The molecule has 1 atom stereocenters. The summed E-state index contributed by atoms with van der Waals surface area (Å²) in [6, 6.07) is 0. The summed E-state index contributed by atoms with van der Waals surface area (Å²) >= 11 is 5.63. The van der Waals surface area contributed by atoms with E-state index in [-0.39, 0.29) is 30.9 Å². The van der Waals surface area contributed by atoms with Crippen molar-refractivity contribution in [1.29, 1.82) is 0 Å². The maximum absolute atomic E-state index is 11.7. The van der Waals surface area contributed by atoms with Gasteiger partial charge < -0.3 is 9.47 Å². The fourth-order valence-corrected chi connectivity index (χ4v) is 2.93. The number of ether oxygens (including phenoxy) is 2. The molecule has 0 heterocycles. The molecule has 5 heteroatoms. The fraction of sp³-hybridized carbons (Fsp3) is 0.905. The third kappa shape index (κ3) is 18.0.